The smallest absolute Gasteiger partial charge is 0.348 e. The van der Waals surface area contributed by atoms with E-state index in [2.05, 4.69) is 33.9 Å². The number of esters is 1. The molecule has 7 nitrogen and oxygen atoms in total. The van der Waals surface area contributed by atoms with Crippen molar-refractivity contribution in [2.75, 3.05) is 13.2 Å². The summed E-state index contributed by atoms with van der Waals surface area (Å²) in [6, 6.07) is 6.40. The van der Waals surface area contributed by atoms with Crippen LogP contribution in [0.2, 0.25) is 18.1 Å². The maximum atomic E-state index is 14.3. The molecule has 0 amide bonds. The highest BCUT2D eigenvalue weighted by molar-refractivity contribution is 7.20. The maximum absolute atomic E-state index is 14.3. The number of hydrogen-bond donors (Lipinski definition) is 0. The lowest BCUT2D eigenvalue weighted by molar-refractivity contribution is 0.0531. The molecule has 0 aliphatic rings. The Kier molecular flexibility index (Phi) is 8.42. The third-order valence-electron chi connectivity index (χ3n) is 6.90. The molecule has 0 radical (unpaired) electrons. The number of halogens is 1. The largest absolute Gasteiger partial charge is 0.462 e. The molecule has 0 bridgehead atoms. The number of aromatic nitrogens is 2. The van der Waals surface area contributed by atoms with Crippen LogP contribution in [-0.4, -0.2) is 36.6 Å². The number of thiophene rings is 1. The average Bonchev–Trinajstić information content (AvgIpc) is 3.13. The third kappa shape index (κ3) is 5.55. The molecule has 196 valence electrons. The zero-order valence-corrected chi connectivity index (χ0v) is 23.9. The minimum absolute atomic E-state index is 0.0135. The standard InChI is InChI=1S/C26H35FN2O5SSi/c1-8-33-24(31)21-17(2)20-22(30)28(15-16-34-36(6,7)26(3,4)5)25(32)29(23(20)35-21)14-13-18-11-9-10-12-19(18)27/h9-12H,8,13-16H2,1-7H3. The summed E-state index contributed by atoms with van der Waals surface area (Å²) < 4.78 is 28.3. The number of hydrogen-bond acceptors (Lipinski definition) is 6. The minimum atomic E-state index is -2.08. The first-order chi connectivity index (χ1) is 16.8. The van der Waals surface area contributed by atoms with Gasteiger partial charge in [0.15, 0.2) is 8.32 Å². The van der Waals surface area contributed by atoms with Crippen molar-refractivity contribution in [1.82, 2.24) is 9.13 Å². The third-order valence-corrected chi connectivity index (χ3v) is 12.7. The molecule has 2 aromatic heterocycles. The van der Waals surface area contributed by atoms with Crippen LogP contribution in [0.25, 0.3) is 10.2 Å². The number of ether oxygens (including phenoxy) is 1. The Morgan fingerprint density at radius 2 is 1.78 bits per heavy atom. The van der Waals surface area contributed by atoms with Crippen LogP contribution >= 0.6 is 11.3 Å². The Hall–Kier alpha value is -2.56. The fourth-order valence-corrected chi connectivity index (χ4v) is 5.97. The molecule has 10 heteroatoms. The summed E-state index contributed by atoms with van der Waals surface area (Å²) in [5.41, 5.74) is -0.00721. The normalized spacial score (nSPS) is 12.3. The second-order valence-corrected chi connectivity index (χ2v) is 16.1. The van der Waals surface area contributed by atoms with E-state index in [1.807, 2.05) is 0 Å². The molecule has 0 aliphatic heterocycles. The monoisotopic (exact) mass is 534 g/mol. The molecule has 0 saturated carbocycles. The summed E-state index contributed by atoms with van der Waals surface area (Å²) in [5.74, 6) is -0.885. The molecule has 0 N–H and O–H groups in total. The van der Waals surface area contributed by atoms with Crippen LogP contribution in [0.1, 0.15) is 48.5 Å². The van der Waals surface area contributed by atoms with E-state index < -0.39 is 25.5 Å². The van der Waals surface area contributed by atoms with Crippen LogP contribution < -0.4 is 11.2 Å². The molecule has 0 aliphatic carbocycles. The van der Waals surface area contributed by atoms with Gasteiger partial charge in [-0.1, -0.05) is 39.0 Å². The van der Waals surface area contributed by atoms with Crippen LogP contribution in [0.4, 0.5) is 4.39 Å². The van der Waals surface area contributed by atoms with Gasteiger partial charge in [0.2, 0.25) is 0 Å². The van der Waals surface area contributed by atoms with Crippen molar-refractivity contribution >= 4 is 35.8 Å². The molecular weight excluding hydrogens is 499 g/mol. The highest BCUT2D eigenvalue weighted by Gasteiger charge is 2.37. The van der Waals surface area contributed by atoms with E-state index in [0.29, 0.717) is 26.2 Å². The zero-order chi connectivity index (χ0) is 26.8. The lowest BCUT2D eigenvalue weighted by Gasteiger charge is -2.36. The summed E-state index contributed by atoms with van der Waals surface area (Å²) in [6.45, 7) is 14.7. The number of rotatable bonds is 9. The van der Waals surface area contributed by atoms with Gasteiger partial charge in [0, 0.05) is 6.54 Å². The zero-order valence-electron chi connectivity index (χ0n) is 22.1. The van der Waals surface area contributed by atoms with E-state index in [1.165, 1.54) is 15.2 Å². The van der Waals surface area contributed by atoms with Crippen molar-refractivity contribution < 1.29 is 18.3 Å². The molecule has 36 heavy (non-hydrogen) atoms. The van der Waals surface area contributed by atoms with Crippen molar-refractivity contribution in [3.8, 4) is 0 Å². The van der Waals surface area contributed by atoms with Gasteiger partial charge in [-0.05, 0) is 55.6 Å². The number of aryl methyl sites for hydroxylation is 3. The Morgan fingerprint density at radius 3 is 2.39 bits per heavy atom. The van der Waals surface area contributed by atoms with Crippen LogP contribution in [0.5, 0.6) is 0 Å². The second-order valence-electron chi connectivity index (χ2n) is 10.3. The fraction of sp³-hybridized carbons (Fsp3) is 0.500. The van der Waals surface area contributed by atoms with Gasteiger partial charge in [-0.3, -0.25) is 13.9 Å². The number of benzene rings is 1. The van der Waals surface area contributed by atoms with Crippen LogP contribution in [0.15, 0.2) is 33.9 Å². The molecule has 3 aromatic rings. The van der Waals surface area contributed by atoms with E-state index in [9.17, 15) is 18.8 Å². The van der Waals surface area contributed by atoms with E-state index >= 15 is 0 Å². The maximum Gasteiger partial charge on any atom is 0.348 e. The van der Waals surface area contributed by atoms with Gasteiger partial charge in [0.25, 0.3) is 5.56 Å². The summed E-state index contributed by atoms with van der Waals surface area (Å²) in [6.07, 6.45) is 0.256. The second kappa shape index (κ2) is 10.8. The molecule has 0 atom stereocenters. The van der Waals surface area contributed by atoms with Gasteiger partial charge < -0.3 is 9.16 Å². The van der Waals surface area contributed by atoms with Gasteiger partial charge in [-0.2, -0.15) is 0 Å². The summed E-state index contributed by atoms with van der Waals surface area (Å²) in [4.78, 5) is 40.3. The molecular formula is C26H35FN2O5SSi. The topological polar surface area (TPSA) is 79.5 Å². The minimum Gasteiger partial charge on any atom is -0.462 e. The summed E-state index contributed by atoms with van der Waals surface area (Å²) in [7, 11) is -2.08. The summed E-state index contributed by atoms with van der Waals surface area (Å²) >= 11 is 1.06. The van der Waals surface area contributed by atoms with Crippen molar-refractivity contribution in [1.29, 1.82) is 0 Å². The van der Waals surface area contributed by atoms with Crippen molar-refractivity contribution in [3.63, 3.8) is 0 Å². The molecule has 0 fully saturated rings. The van der Waals surface area contributed by atoms with Crippen molar-refractivity contribution in [2.45, 2.75) is 72.3 Å². The average molecular weight is 535 g/mol. The Bertz CT molecular complexity index is 1380. The predicted molar refractivity (Wildman–Crippen MR) is 144 cm³/mol. The van der Waals surface area contributed by atoms with E-state index in [-0.39, 0.29) is 43.6 Å². The highest BCUT2D eigenvalue weighted by Crippen LogP contribution is 2.36. The number of fused-ring (bicyclic) bond motifs is 1. The first-order valence-electron chi connectivity index (χ1n) is 12.1. The molecule has 0 saturated heterocycles. The van der Waals surface area contributed by atoms with Crippen LogP contribution in [-0.2, 0) is 28.7 Å². The number of carbonyl (C=O) groups excluding carboxylic acids is 1. The van der Waals surface area contributed by atoms with Crippen LogP contribution in [0, 0.1) is 12.7 Å². The first kappa shape index (κ1) is 28.0. The van der Waals surface area contributed by atoms with Gasteiger partial charge in [-0.15, -0.1) is 11.3 Å². The highest BCUT2D eigenvalue weighted by atomic mass is 32.1. The van der Waals surface area contributed by atoms with Crippen LogP contribution in [0.3, 0.4) is 0 Å². The number of carbonyl (C=O) groups is 1. The molecule has 2 heterocycles. The fourth-order valence-electron chi connectivity index (χ4n) is 3.72. The Balaban J connectivity index is 2.09. The lowest BCUT2D eigenvalue weighted by Crippen LogP contribution is -2.44. The first-order valence-corrected chi connectivity index (χ1v) is 15.8. The van der Waals surface area contributed by atoms with E-state index in [0.717, 1.165) is 11.3 Å². The molecule has 0 unspecified atom stereocenters. The SMILES string of the molecule is CCOC(=O)c1sc2c(c1C)c(=O)n(CCO[Si](C)(C)C(C)(C)C)c(=O)n2CCc1ccccc1F. The quantitative estimate of drug-likeness (QED) is 0.281. The van der Waals surface area contributed by atoms with Crippen molar-refractivity contribution in [2.24, 2.45) is 0 Å². The predicted octanol–water partition coefficient (Wildman–Crippen LogP) is 5.11. The Labute approximate surface area is 215 Å². The van der Waals surface area contributed by atoms with Gasteiger partial charge in [0.1, 0.15) is 15.5 Å². The molecule has 0 spiro atoms. The summed E-state index contributed by atoms with van der Waals surface area (Å²) in [5, 5.41) is 0.295. The number of nitrogens with zero attached hydrogens (tertiary/aromatic N) is 2. The molecule has 1 aromatic carbocycles. The lowest BCUT2D eigenvalue weighted by atomic mass is 10.1. The van der Waals surface area contributed by atoms with Gasteiger partial charge in [0.05, 0.1) is 25.1 Å². The molecule has 3 rings (SSSR count). The van der Waals surface area contributed by atoms with Gasteiger partial charge in [-0.25, -0.2) is 14.0 Å². The Morgan fingerprint density at radius 1 is 1.11 bits per heavy atom. The van der Waals surface area contributed by atoms with E-state index in [4.69, 9.17) is 9.16 Å². The van der Waals surface area contributed by atoms with Gasteiger partial charge >= 0.3 is 11.7 Å². The van der Waals surface area contributed by atoms with E-state index in [1.54, 1.807) is 32.0 Å². The van der Waals surface area contributed by atoms with Crippen molar-refractivity contribution in [3.05, 3.63) is 66.9 Å².